The molecule has 1 nitrogen and oxygen atoms in total. The SMILES string of the molecule is CC1=C(O)[CH]CC=C1. The topological polar surface area (TPSA) is 20.2 Å². The zero-order chi connectivity index (χ0) is 5.98. The van der Waals surface area contributed by atoms with Crippen molar-refractivity contribution in [2.24, 2.45) is 0 Å². The van der Waals surface area contributed by atoms with E-state index in [-0.39, 0.29) is 0 Å². The van der Waals surface area contributed by atoms with E-state index in [2.05, 4.69) is 0 Å². The first kappa shape index (κ1) is 5.42. The van der Waals surface area contributed by atoms with Crippen molar-refractivity contribution in [2.75, 3.05) is 0 Å². The third kappa shape index (κ3) is 0.915. The first-order chi connectivity index (χ1) is 3.80. The van der Waals surface area contributed by atoms with Gasteiger partial charge in [0.1, 0.15) is 0 Å². The summed E-state index contributed by atoms with van der Waals surface area (Å²) >= 11 is 0. The van der Waals surface area contributed by atoms with Gasteiger partial charge in [-0.25, -0.2) is 0 Å². The number of aliphatic hydroxyl groups excluding tert-OH is 1. The van der Waals surface area contributed by atoms with Crippen molar-refractivity contribution in [3.8, 4) is 0 Å². The Hall–Kier alpha value is -0.720. The summed E-state index contributed by atoms with van der Waals surface area (Å²) in [7, 11) is 0. The molecule has 0 spiro atoms. The quantitative estimate of drug-likeness (QED) is 0.504. The summed E-state index contributed by atoms with van der Waals surface area (Å²) in [5, 5.41) is 8.95. The lowest BCUT2D eigenvalue weighted by molar-refractivity contribution is 0.412. The standard InChI is InChI=1S/C7H9O/c1-6-4-2-3-5-7(6)8/h2,4-5,8H,3H2,1H3. The van der Waals surface area contributed by atoms with Crippen LogP contribution >= 0.6 is 0 Å². The Morgan fingerprint density at radius 2 is 2.38 bits per heavy atom. The van der Waals surface area contributed by atoms with Crippen molar-refractivity contribution in [3.63, 3.8) is 0 Å². The molecule has 0 aromatic heterocycles. The van der Waals surface area contributed by atoms with Gasteiger partial charge < -0.3 is 5.11 Å². The minimum Gasteiger partial charge on any atom is -0.512 e. The second-order valence-corrected chi connectivity index (χ2v) is 1.91. The second-order valence-electron chi connectivity index (χ2n) is 1.91. The fourth-order valence-electron chi connectivity index (χ4n) is 0.671. The third-order valence-corrected chi connectivity index (χ3v) is 1.22. The molecule has 8 heavy (non-hydrogen) atoms. The molecule has 0 fully saturated rings. The number of allylic oxidation sites excluding steroid dienone is 4. The van der Waals surface area contributed by atoms with Crippen molar-refractivity contribution in [2.45, 2.75) is 13.3 Å². The number of hydrogen-bond acceptors (Lipinski definition) is 1. The minimum absolute atomic E-state index is 0.424. The van der Waals surface area contributed by atoms with E-state index >= 15 is 0 Å². The Bertz CT molecular complexity index is 142. The summed E-state index contributed by atoms with van der Waals surface area (Å²) in [6.45, 7) is 1.89. The molecule has 0 aromatic carbocycles. The monoisotopic (exact) mass is 109 g/mol. The smallest absolute Gasteiger partial charge is 0.0992 e. The molecule has 43 valence electrons. The summed E-state index contributed by atoms with van der Waals surface area (Å²) in [5.41, 5.74) is 0.955. The van der Waals surface area contributed by atoms with Crippen molar-refractivity contribution >= 4 is 0 Å². The predicted octanol–water partition coefficient (Wildman–Crippen LogP) is 1.98. The average Bonchev–Trinajstić information content (AvgIpc) is 1.77. The van der Waals surface area contributed by atoms with Gasteiger partial charge in [-0.2, -0.15) is 0 Å². The summed E-state index contributed by atoms with van der Waals surface area (Å²) in [6, 6.07) is 0. The van der Waals surface area contributed by atoms with E-state index in [1.165, 1.54) is 0 Å². The van der Waals surface area contributed by atoms with Crippen LogP contribution in [0.2, 0.25) is 0 Å². The molecular formula is C7H9O. The molecule has 0 bridgehead atoms. The Morgan fingerprint density at radius 1 is 1.62 bits per heavy atom. The molecule has 1 rings (SSSR count). The van der Waals surface area contributed by atoms with Crippen LogP contribution in [-0.2, 0) is 0 Å². The lowest BCUT2D eigenvalue weighted by atomic mass is 10.1. The van der Waals surface area contributed by atoms with Gasteiger partial charge in [0.25, 0.3) is 0 Å². The first-order valence-corrected chi connectivity index (χ1v) is 2.70. The summed E-state index contributed by atoms with van der Waals surface area (Å²) in [5.74, 6) is 0.424. The van der Waals surface area contributed by atoms with Gasteiger partial charge in [-0.1, -0.05) is 12.2 Å². The van der Waals surface area contributed by atoms with Gasteiger partial charge >= 0.3 is 0 Å². The van der Waals surface area contributed by atoms with Gasteiger partial charge in [0.2, 0.25) is 0 Å². The molecular weight excluding hydrogens is 100 g/mol. The van der Waals surface area contributed by atoms with Gasteiger partial charge in [-0.15, -0.1) is 0 Å². The lowest BCUT2D eigenvalue weighted by Gasteiger charge is -2.03. The zero-order valence-corrected chi connectivity index (χ0v) is 4.89. The van der Waals surface area contributed by atoms with Gasteiger partial charge in [-0.05, 0) is 18.9 Å². The van der Waals surface area contributed by atoms with E-state index in [4.69, 9.17) is 5.11 Å². The zero-order valence-electron chi connectivity index (χ0n) is 4.89. The van der Waals surface area contributed by atoms with Crippen LogP contribution in [-0.4, -0.2) is 5.11 Å². The second kappa shape index (κ2) is 2.03. The van der Waals surface area contributed by atoms with Gasteiger partial charge in [0.05, 0.1) is 5.76 Å². The van der Waals surface area contributed by atoms with Crippen LogP contribution in [0.25, 0.3) is 0 Å². The van der Waals surface area contributed by atoms with Crippen LogP contribution < -0.4 is 0 Å². The van der Waals surface area contributed by atoms with Crippen LogP contribution in [0.4, 0.5) is 0 Å². The Balaban J connectivity index is 2.76. The summed E-state index contributed by atoms with van der Waals surface area (Å²) in [4.78, 5) is 0. The lowest BCUT2D eigenvalue weighted by Crippen LogP contribution is -1.90. The Morgan fingerprint density at radius 3 is 2.75 bits per heavy atom. The van der Waals surface area contributed by atoms with Crippen LogP contribution in [0.3, 0.4) is 0 Å². The fraction of sp³-hybridized carbons (Fsp3) is 0.286. The van der Waals surface area contributed by atoms with E-state index in [1.807, 2.05) is 19.1 Å². The van der Waals surface area contributed by atoms with Crippen LogP contribution in [0, 0.1) is 6.42 Å². The maximum Gasteiger partial charge on any atom is 0.0992 e. The van der Waals surface area contributed by atoms with Gasteiger partial charge in [0, 0.05) is 6.42 Å². The number of hydrogen-bond donors (Lipinski definition) is 1. The highest BCUT2D eigenvalue weighted by atomic mass is 16.3. The average molecular weight is 109 g/mol. The molecule has 0 aliphatic heterocycles. The highest BCUT2D eigenvalue weighted by Gasteiger charge is 1.99. The van der Waals surface area contributed by atoms with Crippen LogP contribution in [0.15, 0.2) is 23.5 Å². The van der Waals surface area contributed by atoms with E-state index in [0.717, 1.165) is 12.0 Å². The molecule has 0 saturated heterocycles. The van der Waals surface area contributed by atoms with Crippen molar-refractivity contribution < 1.29 is 5.11 Å². The maximum atomic E-state index is 8.95. The van der Waals surface area contributed by atoms with E-state index in [0.29, 0.717) is 5.76 Å². The molecule has 1 aliphatic carbocycles. The van der Waals surface area contributed by atoms with Crippen molar-refractivity contribution in [1.82, 2.24) is 0 Å². The highest BCUT2D eigenvalue weighted by molar-refractivity contribution is 5.28. The molecule has 0 saturated carbocycles. The minimum atomic E-state index is 0.424. The van der Waals surface area contributed by atoms with E-state index in [9.17, 15) is 0 Å². The molecule has 1 heteroatoms. The molecule has 1 N–H and O–H groups in total. The molecule has 0 aromatic rings. The fourth-order valence-corrected chi connectivity index (χ4v) is 0.671. The van der Waals surface area contributed by atoms with Gasteiger partial charge in [0.15, 0.2) is 0 Å². The molecule has 0 atom stereocenters. The first-order valence-electron chi connectivity index (χ1n) is 2.70. The molecule has 1 radical (unpaired) electrons. The molecule has 0 unspecified atom stereocenters. The Labute approximate surface area is 49.3 Å². The summed E-state index contributed by atoms with van der Waals surface area (Å²) < 4.78 is 0. The largest absolute Gasteiger partial charge is 0.512 e. The van der Waals surface area contributed by atoms with Crippen LogP contribution in [0.1, 0.15) is 13.3 Å². The third-order valence-electron chi connectivity index (χ3n) is 1.22. The van der Waals surface area contributed by atoms with Gasteiger partial charge in [-0.3, -0.25) is 0 Å². The molecule has 0 amide bonds. The van der Waals surface area contributed by atoms with E-state index < -0.39 is 0 Å². The molecule has 0 heterocycles. The van der Waals surface area contributed by atoms with Crippen LogP contribution in [0.5, 0.6) is 0 Å². The molecule has 1 aliphatic rings. The maximum absolute atomic E-state index is 8.95. The van der Waals surface area contributed by atoms with Crippen molar-refractivity contribution in [1.29, 1.82) is 0 Å². The highest BCUT2D eigenvalue weighted by Crippen LogP contribution is 2.13. The Kier molecular flexibility index (Phi) is 1.38. The summed E-state index contributed by atoms with van der Waals surface area (Å²) in [6.07, 6.45) is 6.61. The predicted molar refractivity (Wildman–Crippen MR) is 33.4 cm³/mol. The number of rotatable bonds is 0. The number of aliphatic hydroxyl groups is 1. The normalized spacial score (nSPS) is 19.6. The van der Waals surface area contributed by atoms with Crippen molar-refractivity contribution in [3.05, 3.63) is 29.9 Å². The van der Waals surface area contributed by atoms with E-state index in [1.54, 1.807) is 6.42 Å².